The molecule has 3 aromatic rings. The van der Waals surface area contributed by atoms with Crippen molar-refractivity contribution in [2.75, 3.05) is 23.1 Å². The van der Waals surface area contributed by atoms with E-state index >= 15 is 0 Å². The first-order valence-corrected chi connectivity index (χ1v) is 10.1. The number of hydrogen-bond donors (Lipinski definition) is 3. The third-order valence-corrected chi connectivity index (χ3v) is 5.10. The van der Waals surface area contributed by atoms with Crippen molar-refractivity contribution in [3.63, 3.8) is 0 Å². The van der Waals surface area contributed by atoms with Crippen LogP contribution < -0.4 is 20.7 Å². The molecule has 0 bridgehead atoms. The first-order valence-electron chi connectivity index (χ1n) is 10.1. The maximum Gasteiger partial charge on any atom is 0.257 e. The fourth-order valence-corrected chi connectivity index (χ4v) is 3.38. The summed E-state index contributed by atoms with van der Waals surface area (Å²) in [6.45, 7) is 1.40. The standard InChI is InChI=1S/C24H23N3O4/c1-14(28)25-21-13-18(9-10-22(21)31-2)26-24(30)19-11-16-5-3-4-6-17(16)12-20(19)27-23(29)15-7-8-15/h3-6,9-13,15H,7-8H2,1-2H3,(H,25,28)(H,26,30)(H,27,29). The Morgan fingerprint density at radius 1 is 0.871 bits per heavy atom. The zero-order valence-electron chi connectivity index (χ0n) is 17.3. The SMILES string of the molecule is COc1ccc(NC(=O)c2cc3ccccc3cc2NC(=O)C2CC2)cc1NC(C)=O. The molecule has 1 aliphatic carbocycles. The van der Waals surface area contributed by atoms with Gasteiger partial charge >= 0.3 is 0 Å². The van der Waals surface area contributed by atoms with Gasteiger partial charge < -0.3 is 20.7 Å². The molecule has 0 saturated heterocycles. The predicted octanol–water partition coefficient (Wildman–Crippen LogP) is 4.41. The molecule has 1 fully saturated rings. The fourth-order valence-electron chi connectivity index (χ4n) is 3.38. The molecule has 1 saturated carbocycles. The topological polar surface area (TPSA) is 96.5 Å². The first kappa shape index (κ1) is 20.4. The molecule has 31 heavy (non-hydrogen) atoms. The molecule has 1 aliphatic rings. The zero-order valence-corrected chi connectivity index (χ0v) is 17.3. The normalized spacial score (nSPS) is 12.8. The van der Waals surface area contributed by atoms with Gasteiger partial charge in [-0.2, -0.15) is 0 Å². The molecule has 0 heterocycles. The van der Waals surface area contributed by atoms with E-state index in [2.05, 4.69) is 16.0 Å². The van der Waals surface area contributed by atoms with Gasteiger partial charge in [-0.15, -0.1) is 0 Å². The van der Waals surface area contributed by atoms with Crippen molar-refractivity contribution in [2.45, 2.75) is 19.8 Å². The van der Waals surface area contributed by atoms with Crippen molar-refractivity contribution < 1.29 is 19.1 Å². The van der Waals surface area contributed by atoms with E-state index in [1.165, 1.54) is 14.0 Å². The predicted molar refractivity (Wildman–Crippen MR) is 121 cm³/mol. The quantitative estimate of drug-likeness (QED) is 0.554. The van der Waals surface area contributed by atoms with Crippen LogP contribution >= 0.6 is 0 Å². The van der Waals surface area contributed by atoms with Crippen molar-refractivity contribution in [3.8, 4) is 5.75 Å². The van der Waals surface area contributed by atoms with Gasteiger partial charge in [0.15, 0.2) is 0 Å². The summed E-state index contributed by atoms with van der Waals surface area (Å²) in [4.78, 5) is 37.0. The Bertz CT molecular complexity index is 1180. The largest absolute Gasteiger partial charge is 0.495 e. The van der Waals surface area contributed by atoms with Crippen LogP contribution in [-0.2, 0) is 9.59 Å². The number of fused-ring (bicyclic) bond motifs is 1. The third-order valence-electron chi connectivity index (χ3n) is 5.10. The number of methoxy groups -OCH3 is 1. The second-order valence-electron chi connectivity index (χ2n) is 7.56. The number of carbonyl (C=O) groups is 3. The summed E-state index contributed by atoms with van der Waals surface area (Å²) in [7, 11) is 1.50. The molecule has 0 radical (unpaired) electrons. The Balaban J connectivity index is 1.66. The Morgan fingerprint density at radius 2 is 1.58 bits per heavy atom. The molecule has 7 heteroatoms. The van der Waals surface area contributed by atoms with Crippen LogP contribution in [-0.4, -0.2) is 24.8 Å². The highest BCUT2D eigenvalue weighted by Crippen LogP contribution is 2.33. The minimum absolute atomic E-state index is 0.0178. The molecule has 0 aromatic heterocycles. The minimum Gasteiger partial charge on any atom is -0.495 e. The molecule has 4 rings (SSSR count). The number of ether oxygens (including phenoxy) is 1. The lowest BCUT2D eigenvalue weighted by atomic mass is 10.0. The molecule has 0 spiro atoms. The Hall–Kier alpha value is -3.87. The van der Waals surface area contributed by atoms with E-state index in [-0.39, 0.29) is 23.6 Å². The number of nitrogens with one attached hydrogen (secondary N) is 3. The molecule has 0 unspecified atom stereocenters. The summed E-state index contributed by atoms with van der Waals surface area (Å²) in [6.07, 6.45) is 1.75. The number of carbonyl (C=O) groups excluding carboxylic acids is 3. The molecule has 3 aromatic carbocycles. The molecule has 158 valence electrons. The summed E-state index contributed by atoms with van der Waals surface area (Å²) in [6, 6.07) is 16.2. The van der Waals surface area contributed by atoms with Gasteiger partial charge in [-0.05, 0) is 53.9 Å². The molecule has 3 N–H and O–H groups in total. The van der Waals surface area contributed by atoms with Gasteiger partial charge in [0.05, 0.1) is 24.0 Å². The average Bonchev–Trinajstić information content (AvgIpc) is 3.58. The van der Waals surface area contributed by atoms with E-state index in [1.807, 2.05) is 30.3 Å². The molecule has 0 atom stereocenters. The monoisotopic (exact) mass is 417 g/mol. The Kier molecular flexibility index (Phi) is 5.58. The van der Waals surface area contributed by atoms with Gasteiger partial charge in [0, 0.05) is 18.5 Å². The van der Waals surface area contributed by atoms with E-state index in [0.717, 1.165) is 23.6 Å². The Morgan fingerprint density at radius 3 is 2.23 bits per heavy atom. The van der Waals surface area contributed by atoms with Crippen LogP contribution in [0.1, 0.15) is 30.1 Å². The van der Waals surface area contributed by atoms with Crippen LogP contribution in [0.5, 0.6) is 5.75 Å². The van der Waals surface area contributed by atoms with Crippen molar-refractivity contribution in [2.24, 2.45) is 5.92 Å². The first-order chi connectivity index (χ1) is 14.9. The third kappa shape index (κ3) is 4.66. The summed E-state index contributed by atoms with van der Waals surface area (Å²) in [5.41, 5.74) is 1.78. The van der Waals surface area contributed by atoms with Crippen LogP contribution in [0.25, 0.3) is 10.8 Å². The van der Waals surface area contributed by atoms with Crippen LogP contribution in [0.4, 0.5) is 17.1 Å². The van der Waals surface area contributed by atoms with Gasteiger partial charge in [0.25, 0.3) is 5.91 Å². The highest BCUT2D eigenvalue weighted by atomic mass is 16.5. The van der Waals surface area contributed by atoms with E-state index in [0.29, 0.717) is 28.4 Å². The smallest absolute Gasteiger partial charge is 0.257 e. The minimum atomic E-state index is -0.365. The fraction of sp³-hybridized carbons (Fsp3) is 0.208. The lowest BCUT2D eigenvalue weighted by molar-refractivity contribution is -0.117. The molecule has 0 aliphatic heterocycles. The molecule has 7 nitrogen and oxygen atoms in total. The summed E-state index contributed by atoms with van der Waals surface area (Å²) in [5.74, 6) is -0.181. The van der Waals surface area contributed by atoms with Crippen molar-refractivity contribution in [1.82, 2.24) is 0 Å². The molecule has 3 amide bonds. The summed E-state index contributed by atoms with van der Waals surface area (Å²) in [5, 5.41) is 10.3. The van der Waals surface area contributed by atoms with Gasteiger partial charge in [0.2, 0.25) is 11.8 Å². The highest BCUT2D eigenvalue weighted by molar-refractivity contribution is 6.13. The Labute approximate surface area is 179 Å². The van der Waals surface area contributed by atoms with Crippen molar-refractivity contribution in [3.05, 3.63) is 60.2 Å². The van der Waals surface area contributed by atoms with Crippen molar-refractivity contribution >= 4 is 45.6 Å². The number of anilines is 3. The average molecular weight is 417 g/mol. The summed E-state index contributed by atoms with van der Waals surface area (Å²) < 4.78 is 5.26. The van der Waals surface area contributed by atoms with E-state index in [9.17, 15) is 14.4 Å². The molecular formula is C24H23N3O4. The lowest BCUT2D eigenvalue weighted by Crippen LogP contribution is -2.19. The number of amides is 3. The van der Waals surface area contributed by atoms with Crippen molar-refractivity contribution in [1.29, 1.82) is 0 Å². The maximum atomic E-state index is 13.2. The van der Waals surface area contributed by atoms with Crippen LogP contribution in [0, 0.1) is 5.92 Å². The number of hydrogen-bond acceptors (Lipinski definition) is 4. The maximum absolute atomic E-state index is 13.2. The number of benzene rings is 3. The zero-order chi connectivity index (χ0) is 22.0. The highest BCUT2D eigenvalue weighted by Gasteiger charge is 2.30. The lowest BCUT2D eigenvalue weighted by Gasteiger charge is -2.15. The van der Waals surface area contributed by atoms with Gasteiger partial charge in [-0.1, -0.05) is 24.3 Å². The second-order valence-corrected chi connectivity index (χ2v) is 7.56. The van der Waals surface area contributed by atoms with Crippen LogP contribution in [0.2, 0.25) is 0 Å². The van der Waals surface area contributed by atoms with Gasteiger partial charge in [-0.3, -0.25) is 14.4 Å². The van der Waals surface area contributed by atoms with Gasteiger partial charge in [0.1, 0.15) is 5.75 Å². The van der Waals surface area contributed by atoms with E-state index in [1.54, 1.807) is 24.3 Å². The molecular weight excluding hydrogens is 394 g/mol. The summed E-state index contributed by atoms with van der Waals surface area (Å²) >= 11 is 0. The second kappa shape index (κ2) is 8.47. The van der Waals surface area contributed by atoms with Crippen LogP contribution in [0.15, 0.2) is 54.6 Å². The van der Waals surface area contributed by atoms with Crippen LogP contribution in [0.3, 0.4) is 0 Å². The van der Waals surface area contributed by atoms with E-state index < -0.39 is 0 Å². The van der Waals surface area contributed by atoms with Gasteiger partial charge in [-0.25, -0.2) is 0 Å². The van der Waals surface area contributed by atoms with E-state index in [4.69, 9.17) is 4.74 Å². The number of rotatable bonds is 6.